The number of fused-ring (bicyclic) bond motifs is 3. The SMILES string of the molecule is CC(C)(C)n1c2[c]cccc2c2ccccc21. The second-order valence-corrected chi connectivity index (χ2v) is 5.46. The Labute approximate surface area is 102 Å². The summed E-state index contributed by atoms with van der Waals surface area (Å²) < 4.78 is 2.37. The van der Waals surface area contributed by atoms with Crippen molar-refractivity contribution in [1.29, 1.82) is 0 Å². The zero-order chi connectivity index (χ0) is 12.0. The average molecular weight is 222 g/mol. The van der Waals surface area contributed by atoms with Crippen molar-refractivity contribution >= 4 is 21.8 Å². The van der Waals surface area contributed by atoms with E-state index in [-0.39, 0.29) is 5.54 Å². The molecule has 3 rings (SSSR count). The normalized spacial score (nSPS) is 12.4. The first-order valence-corrected chi connectivity index (χ1v) is 5.99. The molecule has 85 valence electrons. The van der Waals surface area contributed by atoms with E-state index < -0.39 is 0 Å². The number of para-hydroxylation sites is 2. The number of nitrogens with zero attached hydrogens (tertiary/aromatic N) is 1. The minimum absolute atomic E-state index is 0.0687. The summed E-state index contributed by atoms with van der Waals surface area (Å²) in [6.07, 6.45) is 0. The van der Waals surface area contributed by atoms with Crippen LogP contribution >= 0.6 is 0 Å². The first kappa shape index (κ1) is 10.4. The fourth-order valence-corrected chi connectivity index (χ4v) is 2.54. The van der Waals surface area contributed by atoms with E-state index in [0.29, 0.717) is 0 Å². The first-order chi connectivity index (χ1) is 8.09. The van der Waals surface area contributed by atoms with Gasteiger partial charge in [-0.25, -0.2) is 0 Å². The summed E-state index contributed by atoms with van der Waals surface area (Å²) in [5.41, 5.74) is 2.55. The molecule has 1 radical (unpaired) electrons. The van der Waals surface area contributed by atoms with Crippen molar-refractivity contribution in [1.82, 2.24) is 4.57 Å². The predicted octanol–water partition coefficient (Wildman–Crippen LogP) is 4.35. The first-order valence-electron chi connectivity index (χ1n) is 5.99. The molecular formula is C16H16N. The fourth-order valence-electron chi connectivity index (χ4n) is 2.54. The van der Waals surface area contributed by atoms with Crippen LogP contribution in [-0.2, 0) is 5.54 Å². The van der Waals surface area contributed by atoms with Crippen molar-refractivity contribution in [3.63, 3.8) is 0 Å². The smallest absolute Gasteiger partial charge is 0.0576 e. The molecular weight excluding hydrogens is 206 g/mol. The maximum absolute atomic E-state index is 3.38. The summed E-state index contributed by atoms with van der Waals surface area (Å²) >= 11 is 0. The highest BCUT2D eigenvalue weighted by atomic mass is 15.0. The van der Waals surface area contributed by atoms with Crippen LogP contribution in [-0.4, -0.2) is 4.57 Å². The summed E-state index contributed by atoms with van der Waals surface area (Å²) in [4.78, 5) is 0. The highest BCUT2D eigenvalue weighted by Crippen LogP contribution is 2.33. The molecule has 0 fully saturated rings. The highest BCUT2D eigenvalue weighted by molar-refractivity contribution is 6.07. The van der Waals surface area contributed by atoms with Crippen molar-refractivity contribution in [2.75, 3.05) is 0 Å². The molecule has 17 heavy (non-hydrogen) atoms. The van der Waals surface area contributed by atoms with Gasteiger partial charge >= 0.3 is 0 Å². The zero-order valence-corrected chi connectivity index (χ0v) is 10.5. The number of hydrogen-bond donors (Lipinski definition) is 0. The van der Waals surface area contributed by atoms with E-state index in [1.165, 1.54) is 21.8 Å². The largest absolute Gasteiger partial charge is 0.335 e. The van der Waals surface area contributed by atoms with E-state index >= 15 is 0 Å². The lowest BCUT2D eigenvalue weighted by molar-refractivity contribution is 0.423. The molecule has 1 nitrogen and oxygen atoms in total. The fraction of sp³-hybridized carbons (Fsp3) is 0.250. The van der Waals surface area contributed by atoms with Gasteiger partial charge in [-0.15, -0.1) is 0 Å². The minimum atomic E-state index is 0.0687. The number of aromatic nitrogens is 1. The molecule has 1 heterocycles. The van der Waals surface area contributed by atoms with Crippen molar-refractivity contribution in [3.8, 4) is 0 Å². The molecule has 1 aromatic heterocycles. The second-order valence-electron chi connectivity index (χ2n) is 5.46. The second kappa shape index (κ2) is 3.36. The molecule has 0 aliphatic heterocycles. The van der Waals surface area contributed by atoms with Gasteiger partial charge in [0.05, 0.1) is 5.52 Å². The third-order valence-corrected chi connectivity index (χ3v) is 3.16. The van der Waals surface area contributed by atoms with Gasteiger partial charge in [0.1, 0.15) is 0 Å². The Bertz CT molecular complexity index is 630. The van der Waals surface area contributed by atoms with Crippen LogP contribution in [0.1, 0.15) is 20.8 Å². The molecule has 0 bridgehead atoms. The van der Waals surface area contributed by atoms with Crippen LogP contribution in [0.25, 0.3) is 21.8 Å². The van der Waals surface area contributed by atoms with E-state index in [2.05, 4.69) is 67.8 Å². The van der Waals surface area contributed by atoms with Gasteiger partial charge in [0.2, 0.25) is 0 Å². The molecule has 1 heteroatoms. The summed E-state index contributed by atoms with van der Waals surface area (Å²) in [7, 11) is 0. The monoisotopic (exact) mass is 222 g/mol. The molecule has 0 spiro atoms. The van der Waals surface area contributed by atoms with Gasteiger partial charge in [-0.1, -0.05) is 36.4 Å². The summed E-state index contributed by atoms with van der Waals surface area (Å²) in [5, 5.41) is 2.60. The van der Waals surface area contributed by atoms with E-state index in [1.807, 2.05) is 6.07 Å². The van der Waals surface area contributed by atoms with Gasteiger partial charge in [0, 0.05) is 27.9 Å². The molecule has 3 aromatic rings. The lowest BCUT2D eigenvalue weighted by Crippen LogP contribution is -2.21. The lowest BCUT2D eigenvalue weighted by atomic mass is 10.1. The number of benzene rings is 2. The van der Waals surface area contributed by atoms with Crippen molar-refractivity contribution in [3.05, 3.63) is 48.5 Å². The van der Waals surface area contributed by atoms with Crippen LogP contribution in [0.5, 0.6) is 0 Å². The lowest BCUT2D eigenvalue weighted by Gasteiger charge is -2.24. The topological polar surface area (TPSA) is 4.93 Å². The maximum atomic E-state index is 3.38. The van der Waals surface area contributed by atoms with Crippen molar-refractivity contribution in [2.45, 2.75) is 26.3 Å². The molecule has 0 amide bonds. The van der Waals surface area contributed by atoms with Gasteiger partial charge < -0.3 is 4.57 Å². The summed E-state index contributed by atoms with van der Waals surface area (Å²) in [6.45, 7) is 6.71. The van der Waals surface area contributed by atoms with Gasteiger partial charge in [0.15, 0.2) is 0 Å². The zero-order valence-electron chi connectivity index (χ0n) is 10.5. The number of hydrogen-bond acceptors (Lipinski definition) is 0. The Morgan fingerprint density at radius 3 is 2.41 bits per heavy atom. The third-order valence-electron chi connectivity index (χ3n) is 3.16. The molecule has 0 saturated carbocycles. The molecule has 0 aliphatic carbocycles. The molecule has 0 atom stereocenters. The van der Waals surface area contributed by atoms with E-state index in [4.69, 9.17) is 0 Å². The molecule has 0 saturated heterocycles. The van der Waals surface area contributed by atoms with Gasteiger partial charge in [0.25, 0.3) is 0 Å². The minimum Gasteiger partial charge on any atom is -0.335 e. The third kappa shape index (κ3) is 1.46. The summed E-state index contributed by atoms with van der Waals surface area (Å²) in [5.74, 6) is 0. The standard InChI is InChI=1S/C16H16N/c1-16(2,3)17-14-10-6-4-8-12(14)13-9-5-7-11-15(13)17/h4-10H,1-3H3. The van der Waals surface area contributed by atoms with E-state index in [1.54, 1.807) is 0 Å². The van der Waals surface area contributed by atoms with Crippen LogP contribution < -0.4 is 0 Å². The average Bonchev–Trinajstić information content (AvgIpc) is 2.63. The van der Waals surface area contributed by atoms with Gasteiger partial charge in [-0.05, 0) is 26.8 Å². The highest BCUT2D eigenvalue weighted by Gasteiger charge is 2.19. The maximum Gasteiger partial charge on any atom is 0.0576 e. The van der Waals surface area contributed by atoms with Gasteiger partial charge in [-0.3, -0.25) is 0 Å². The Morgan fingerprint density at radius 1 is 0.941 bits per heavy atom. The number of rotatable bonds is 0. The van der Waals surface area contributed by atoms with Crippen LogP contribution in [0, 0.1) is 6.07 Å². The van der Waals surface area contributed by atoms with Gasteiger partial charge in [-0.2, -0.15) is 0 Å². The predicted molar refractivity (Wildman–Crippen MR) is 73.3 cm³/mol. The Balaban J connectivity index is 2.60. The Morgan fingerprint density at radius 2 is 1.65 bits per heavy atom. The van der Waals surface area contributed by atoms with E-state index in [9.17, 15) is 0 Å². The quantitative estimate of drug-likeness (QED) is 0.533. The van der Waals surface area contributed by atoms with Crippen LogP contribution in [0.3, 0.4) is 0 Å². The Kier molecular flexibility index (Phi) is 2.06. The van der Waals surface area contributed by atoms with Crippen molar-refractivity contribution in [2.24, 2.45) is 0 Å². The van der Waals surface area contributed by atoms with Crippen LogP contribution in [0.4, 0.5) is 0 Å². The Hall–Kier alpha value is -1.76. The molecule has 0 aliphatic rings. The van der Waals surface area contributed by atoms with Crippen LogP contribution in [0.15, 0.2) is 42.5 Å². The molecule has 2 aromatic carbocycles. The van der Waals surface area contributed by atoms with E-state index in [0.717, 1.165) is 0 Å². The molecule has 0 N–H and O–H groups in total. The summed E-state index contributed by atoms with van der Waals surface area (Å²) in [6, 6.07) is 18.2. The van der Waals surface area contributed by atoms with Crippen LogP contribution in [0.2, 0.25) is 0 Å². The molecule has 0 unspecified atom stereocenters. The van der Waals surface area contributed by atoms with Crippen molar-refractivity contribution < 1.29 is 0 Å².